The van der Waals surface area contributed by atoms with Crippen LogP contribution in [0.15, 0.2) is 30.3 Å². The molecule has 1 aliphatic rings. The van der Waals surface area contributed by atoms with Gasteiger partial charge in [0.05, 0.1) is 0 Å². The van der Waals surface area contributed by atoms with E-state index in [0.29, 0.717) is 5.92 Å². The molecule has 3 nitrogen and oxygen atoms in total. The van der Waals surface area contributed by atoms with Crippen LogP contribution in [-0.2, 0) is 0 Å². The van der Waals surface area contributed by atoms with E-state index in [1.54, 1.807) is 0 Å². The van der Waals surface area contributed by atoms with Crippen molar-refractivity contribution in [3.05, 3.63) is 35.9 Å². The average molecular weight is 247 g/mol. The number of piperazine rings is 1. The minimum atomic E-state index is 0.472. The third kappa shape index (κ3) is 3.55. The zero-order valence-corrected chi connectivity index (χ0v) is 11.4. The van der Waals surface area contributed by atoms with Crippen molar-refractivity contribution in [2.45, 2.75) is 12.8 Å². The fraction of sp³-hybridized carbons (Fsp3) is 0.600. The van der Waals surface area contributed by atoms with E-state index < -0.39 is 0 Å². The van der Waals surface area contributed by atoms with Gasteiger partial charge in [-0.3, -0.25) is 0 Å². The fourth-order valence-corrected chi connectivity index (χ4v) is 2.64. The Kier molecular flexibility index (Phi) is 5.17. The maximum atomic E-state index is 5.94. The summed E-state index contributed by atoms with van der Waals surface area (Å²) in [5.41, 5.74) is 7.31. The summed E-state index contributed by atoms with van der Waals surface area (Å²) in [6.07, 6.45) is 0. The molecule has 2 N–H and O–H groups in total. The molecule has 0 bridgehead atoms. The standard InChI is InChI=1S/C15H25N3/c1-2-17-8-10-18(11-9-17)13-15(12-16)14-6-4-3-5-7-14/h3-7,15H,2,8-13,16H2,1H3. The highest BCUT2D eigenvalue weighted by molar-refractivity contribution is 5.20. The van der Waals surface area contributed by atoms with Crippen LogP contribution < -0.4 is 5.73 Å². The van der Waals surface area contributed by atoms with E-state index in [1.165, 1.54) is 38.3 Å². The summed E-state index contributed by atoms with van der Waals surface area (Å²) in [5, 5.41) is 0. The summed E-state index contributed by atoms with van der Waals surface area (Å²) < 4.78 is 0. The molecule has 0 amide bonds. The predicted octanol–water partition coefficient (Wildman–Crippen LogP) is 1.37. The molecule has 1 saturated heterocycles. The molecule has 0 radical (unpaired) electrons. The topological polar surface area (TPSA) is 32.5 Å². The SMILES string of the molecule is CCN1CCN(CC(CN)c2ccccc2)CC1. The van der Waals surface area contributed by atoms with E-state index in [0.717, 1.165) is 13.1 Å². The summed E-state index contributed by atoms with van der Waals surface area (Å²) in [5.74, 6) is 0.472. The number of nitrogens with two attached hydrogens (primary N) is 1. The Hall–Kier alpha value is -0.900. The molecule has 1 unspecified atom stereocenters. The van der Waals surface area contributed by atoms with E-state index in [9.17, 15) is 0 Å². The Labute approximate surface area is 111 Å². The van der Waals surface area contributed by atoms with E-state index in [1.807, 2.05) is 0 Å². The molecule has 0 spiro atoms. The zero-order chi connectivity index (χ0) is 12.8. The van der Waals surface area contributed by atoms with Crippen molar-refractivity contribution in [1.82, 2.24) is 9.80 Å². The molecule has 1 aromatic rings. The number of benzene rings is 1. The lowest BCUT2D eigenvalue weighted by atomic mass is 9.98. The molecule has 0 aromatic heterocycles. The molecule has 0 aliphatic carbocycles. The summed E-state index contributed by atoms with van der Waals surface area (Å²) in [7, 11) is 0. The van der Waals surface area contributed by atoms with Crippen molar-refractivity contribution in [1.29, 1.82) is 0 Å². The van der Waals surface area contributed by atoms with Crippen LogP contribution in [0.4, 0.5) is 0 Å². The van der Waals surface area contributed by atoms with Gasteiger partial charge in [0.25, 0.3) is 0 Å². The van der Waals surface area contributed by atoms with Crippen molar-refractivity contribution in [2.75, 3.05) is 45.8 Å². The Morgan fingerprint density at radius 1 is 1.06 bits per heavy atom. The summed E-state index contributed by atoms with van der Waals surface area (Å²) in [4.78, 5) is 5.06. The van der Waals surface area contributed by atoms with Crippen LogP contribution in [0.2, 0.25) is 0 Å². The summed E-state index contributed by atoms with van der Waals surface area (Å²) >= 11 is 0. The molecular weight excluding hydrogens is 222 g/mol. The number of nitrogens with zero attached hydrogens (tertiary/aromatic N) is 2. The highest BCUT2D eigenvalue weighted by Gasteiger charge is 2.19. The minimum absolute atomic E-state index is 0.472. The molecule has 3 heteroatoms. The summed E-state index contributed by atoms with van der Waals surface area (Å²) in [6, 6.07) is 10.7. The molecule has 1 aliphatic heterocycles. The second-order valence-electron chi connectivity index (χ2n) is 5.08. The minimum Gasteiger partial charge on any atom is -0.330 e. The quantitative estimate of drug-likeness (QED) is 0.853. The first-order valence-electron chi connectivity index (χ1n) is 7.03. The second kappa shape index (κ2) is 6.88. The highest BCUT2D eigenvalue weighted by Crippen LogP contribution is 2.16. The zero-order valence-electron chi connectivity index (χ0n) is 11.4. The molecule has 1 heterocycles. The lowest BCUT2D eigenvalue weighted by molar-refractivity contribution is 0.132. The first kappa shape index (κ1) is 13.5. The molecule has 2 rings (SSSR count). The van der Waals surface area contributed by atoms with E-state index in [4.69, 9.17) is 5.73 Å². The van der Waals surface area contributed by atoms with Gasteiger partial charge in [0.1, 0.15) is 0 Å². The normalized spacial score (nSPS) is 19.9. The predicted molar refractivity (Wildman–Crippen MR) is 76.8 cm³/mol. The lowest BCUT2D eigenvalue weighted by Crippen LogP contribution is -2.47. The Bertz CT molecular complexity index is 331. The van der Waals surface area contributed by atoms with Gasteiger partial charge in [-0.1, -0.05) is 37.3 Å². The van der Waals surface area contributed by atoms with Crippen LogP contribution in [0.1, 0.15) is 18.4 Å². The molecule has 18 heavy (non-hydrogen) atoms. The van der Waals surface area contributed by atoms with Crippen molar-refractivity contribution in [3.8, 4) is 0 Å². The molecule has 100 valence electrons. The van der Waals surface area contributed by atoms with Crippen LogP contribution in [0.3, 0.4) is 0 Å². The lowest BCUT2D eigenvalue weighted by Gasteiger charge is -2.35. The number of rotatable bonds is 5. The number of hydrogen-bond acceptors (Lipinski definition) is 3. The third-order valence-corrected chi connectivity index (χ3v) is 3.95. The molecule has 1 aromatic carbocycles. The van der Waals surface area contributed by atoms with Gasteiger partial charge in [-0.2, -0.15) is 0 Å². The van der Waals surface area contributed by atoms with E-state index in [2.05, 4.69) is 47.1 Å². The van der Waals surface area contributed by atoms with Gasteiger partial charge in [0.2, 0.25) is 0 Å². The monoisotopic (exact) mass is 247 g/mol. The second-order valence-corrected chi connectivity index (χ2v) is 5.08. The van der Waals surface area contributed by atoms with Crippen molar-refractivity contribution in [2.24, 2.45) is 5.73 Å². The van der Waals surface area contributed by atoms with Gasteiger partial charge >= 0.3 is 0 Å². The van der Waals surface area contributed by atoms with Gasteiger partial charge in [0.15, 0.2) is 0 Å². The van der Waals surface area contributed by atoms with Crippen LogP contribution in [0, 0.1) is 0 Å². The van der Waals surface area contributed by atoms with Crippen LogP contribution in [0.25, 0.3) is 0 Å². The van der Waals surface area contributed by atoms with E-state index >= 15 is 0 Å². The first-order chi connectivity index (χ1) is 8.83. The van der Waals surface area contributed by atoms with Gasteiger partial charge < -0.3 is 15.5 Å². The number of hydrogen-bond donors (Lipinski definition) is 1. The Balaban J connectivity index is 1.88. The largest absolute Gasteiger partial charge is 0.330 e. The summed E-state index contributed by atoms with van der Waals surface area (Å²) in [6.45, 7) is 9.99. The van der Waals surface area contributed by atoms with Gasteiger partial charge in [-0.25, -0.2) is 0 Å². The van der Waals surface area contributed by atoms with Crippen molar-refractivity contribution >= 4 is 0 Å². The maximum Gasteiger partial charge on any atom is 0.0110 e. The highest BCUT2D eigenvalue weighted by atomic mass is 15.3. The Morgan fingerprint density at radius 2 is 1.67 bits per heavy atom. The first-order valence-corrected chi connectivity index (χ1v) is 7.03. The maximum absolute atomic E-state index is 5.94. The third-order valence-electron chi connectivity index (χ3n) is 3.95. The average Bonchev–Trinajstić information content (AvgIpc) is 2.46. The van der Waals surface area contributed by atoms with Gasteiger partial charge in [-0.05, 0) is 12.1 Å². The van der Waals surface area contributed by atoms with Crippen LogP contribution in [-0.4, -0.2) is 55.6 Å². The molecule has 1 fully saturated rings. The smallest absolute Gasteiger partial charge is 0.0110 e. The van der Waals surface area contributed by atoms with E-state index in [-0.39, 0.29) is 0 Å². The molecule has 1 atom stereocenters. The molecule has 0 saturated carbocycles. The van der Waals surface area contributed by atoms with Gasteiger partial charge in [-0.15, -0.1) is 0 Å². The van der Waals surface area contributed by atoms with Crippen molar-refractivity contribution in [3.63, 3.8) is 0 Å². The van der Waals surface area contributed by atoms with Crippen LogP contribution >= 0.6 is 0 Å². The van der Waals surface area contributed by atoms with Crippen LogP contribution in [0.5, 0.6) is 0 Å². The fourth-order valence-electron chi connectivity index (χ4n) is 2.64. The van der Waals surface area contributed by atoms with Gasteiger partial charge in [0, 0.05) is 45.2 Å². The number of likely N-dealkylation sites (N-methyl/N-ethyl adjacent to an activating group) is 1. The van der Waals surface area contributed by atoms with Crippen molar-refractivity contribution < 1.29 is 0 Å². The molecular formula is C15H25N3. The Morgan fingerprint density at radius 3 is 2.22 bits per heavy atom.